The van der Waals surface area contributed by atoms with Crippen molar-refractivity contribution in [2.75, 3.05) is 40.0 Å². The summed E-state index contributed by atoms with van der Waals surface area (Å²) in [6, 6.07) is 7.71. The molecule has 2 heterocycles. The maximum atomic E-state index is 13.1. The molecule has 1 atom stereocenters. The molecule has 1 aliphatic rings. The van der Waals surface area contributed by atoms with Gasteiger partial charge in [-0.15, -0.1) is 0 Å². The first-order valence-corrected chi connectivity index (χ1v) is 11.0. The molecule has 1 saturated heterocycles. The van der Waals surface area contributed by atoms with E-state index in [-0.39, 0.29) is 11.9 Å². The lowest BCUT2D eigenvalue weighted by Crippen LogP contribution is -2.44. The maximum absolute atomic E-state index is 13.1. The van der Waals surface area contributed by atoms with Crippen LogP contribution in [0.1, 0.15) is 57.1 Å². The van der Waals surface area contributed by atoms with E-state index in [1.165, 1.54) is 7.11 Å². The number of benzene rings is 1. The third-order valence-electron chi connectivity index (χ3n) is 5.60. The first-order valence-electron chi connectivity index (χ1n) is 10.6. The molecule has 0 radical (unpaired) electrons. The number of esters is 1. The molecule has 2 aromatic rings. The number of rotatable bonds is 8. The molecule has 0 spiro atoms. The molecule has 2 N–H and O–H groups in total. The van der Waals surface area contributed by atoms with Gasteiger partial charge in [-0.3, -0.25) is 9.69 Å². The molecule has 1 unspecified atom stereocenters. The number of methoxy groups -OCH3 is 1. The van der Waals surface area contributed by atoms with Crippen LogP contribution in [0.2, 0.25) is 5.02 Å². The zero-order valence-electron chi connectivity index (χ0n) is 18.3. The second-order valence-electron chi connectivity index (χ2n) is 7.65. The number of hydrogen-bond donors (Lipinski definition) is 2. The molecule has 168 valence electrons. The van der Waals surface area contributed by atoms with Gasteiger partial charge in [0.1, 0.15) is 5.69 Å². The Hall–Kier alpha value is -2.35. The van der Waals surface area contributed by atoms with Gasteiger partial charge in [0.2, 0.25) is 0 Å². The highest BCUT2D eigenvalue weighted by molar-refractivity contribution is 6.30. The molecule has 31 heavy (non-hydrogen) atoms. The minimum absolute atomic E-state index is 0.00382. The van der Waals surface area contributed by atoms with E-state index < -0.39 is 5.97 Å². The minimum atomic E-state index is -0.427. The van der Waals surface area contributed by atoms with Crippen molar-refractivity contribution in [2.24, 2.45) is 0 Å². The fourth-order valence-electron chi connectivity index (χ4n) is 4.06. The maximum Gasteiger partial charge on any atom is 0.339 e. The second-order valence-corrected chi connectivity index (χ2v) is 8.08. The molecular weight excluding hydrogens is 418 g/mol. The Bertz CT molecular complexity index is 904. The number of carbonyl (C=O) groups is 2. The molecule has 0 bridgehead atoms. The highest BCUT2D eigenvalue weighted by Gasteiger charge is 2.27. The molecule has 1 aromatic heterocycles. The van der Waals surface area contributed by atoms with Crippen LogP contribution in [0.25, 0.3) is 0 Å². The zero-order chi connectivity index (χ0) is 22.4. The van der Waals surface area contributed by atoms with Gasteiger partial charge >= 0.3 is 5.97 Å². The number of hydrogen-bond acceptors (Lipinski definition) is 5. The Kier molecular flexibility index (Phi) is 8.12. The summed E-state index contributed by atoms with van der Waals surface area (Å²) < 4.78 is 10.4. The lowest BCUT2D eigenvalue weighted by molar-refractivity contribution is 0.0162. The number of aromatic nitrogens is 1. The van der Waals surface area contributed by atoms with Gasteiger partial charge in [0.05, 0.1) is 31.9 Å². The Morgan fingerprint density at radius 2 is 1.94 bits per heavy atom. The lowest BCUT2D eigenvalue weighted by atomic mass is 10.0. The molecule has 1 fully saturated rings. The number of amides is 1. The van der Waals surface area contributed by atoms with Gasteiger partial charge in [0.25, 0.3) is 5.91 Å². The van der Waals surface area contributed by atoms with Crippen molar-refractivity contribution in [3.05, 3.63) is 57.4 Å². The first-order chi connectivity index (χ1) is 15.0. The molecule has 7 nitrogen and oxygen atoms in total. The van der Waals surface area contributed by atoms with Crippen molar-refractivity contribution in [2.45, 2.75) is 32.7 Å². The van der Waals surface area contributed by atoms with Crippen LogP contribution in [-0.2, 0) is 15.9 Å². The number of H-pyrrole nitrogens is 1. The Balaban J connectivity index is 1.82. The summed E-state index contributed by atoms with van der Waals surface area (Å²) in [5.41, 5.74) is 3.31. The Labute approximate surface area is 188 Å². The van der Waals surface area contributed by atoms with Crippen molar-refractivity contribution in [1.82, 2.24) is 15.2 Å². The Morgan fingerprint density at radius 3 is 2.55 bits per heavy atom. The predicted octanol–water partition coefficient (Wildman–Crippen LogP) is 3.52. The largest absolute Gasteiger partial charge is 0.465 e. The van der Waals surface area contributed by atoms with Crippen LogP contribution >= 0.6 is 11.6 Å². The molecule has 1 aliphatic heterocycles. The molecule has 0 aliphatic carbocycles. The van der Waals surface area contributed by atoms with E-state index in [2.05, 4.69) is 15.2 Å². The smallest absolute Gasteiger partial charge is 0.339 e. The van der Waals surface area contributed by atoms with Crippen molar-refractivity contribution in [3.63, 3.8) is 0 Å². The summed E-state index contributed by atoms with van der Waals surface area (Å²) in [6.07, 6.45) is 1.42. The first kappa shape index (κ1) is 23.3. The Morgan fingerprint density at radius 1 is 1.26 bits per heavy atom. The van der Waals surface area contributed by atoms with Crippen molar-refractivity contribution in [1.29, 1.82) is 0 Å². The van der Waals surface area contributed by atoms with Gasteiger partial charge in [0, 0.05) is 30.4 Å². The number of morpholine rings is 1. The van der Waals surface area contributed by atoms with E-state index >= 15 is 0 Å². The van der Waals surface area contributed by atoms with Crippen LogP contribution in [0.5, 0.6) is 0 Å². The zero-order valence-corrected chi connectivity index (χ0v) is 19.1. The van der Waals surface area contributed by atoms with E-state index in [1.54, 1.807) is 6.92 Å². The molecule has 3 rings (SSSR count). The van der Waals surface area contributed by atoms with Crippen molar-refractivity contribution in [3.8, 4) is 0 Å². The SMILES string of the molecule is CCCc1c(C(=O)NCC(c2ccc(Cl)cc2)N2CCOCC2)[nH]c(C)c1C(=O)OC. The van der Waals surface area contributed by atoms with E-state index in [4.69, 9.17) is 21.1 Å². The average Bonchev–Trinajstić information content (AvgIpc) is 3.11. The number of carbonyl (C=O) groups excluding carboxylic acids is 2. The summed E-state index contributed by atoms with van der Waals surface area (Å²) in [5.74, 6) is -0.655. The highest BCUT2D eigenvalue weighted by Crippen LogP contribution is 2.25. The molecule has 8 heteroatoms. The number of nitrogens with one attached hydrogen (secondary N) is 2. The van der Waals surface area contributed by atoms with Gasteiger partial charge in [-0.05, 0) is 36.6 Å². The van der Waals surface area contributed by atoms with Crippen LogP contribution in [0, 0.1) is 6.92 Å². The van der Waals surface area contributed by atoms with Gasteiger partial charge < -0.3 is 19.8 Å². The van der Waals surface area contributed by atoms with Crippen LogP contribution in [0.15, 0.2) is 24.3 Å². The molecule has 1 amide bonds. The van der Waals surface area contributed by atoms with Crippen molar-refractivity contribution < 1.29 is 19.1 Å². The lowest BCUT2D eigenvalue weighted by Gasteiger charge is -2.35. The third-order valence-corrected chi connectivity index (χ3v) is 5.86. The summed E-state index contributed by atoms with van der Waals surface area (Å²) in [5, 5.41) is 3.74. The summed E-state index contributed by atoms with van der Waals surface area (Å²) in [4.78, 5) is 30.8. The third kappa shape index (κ3) is 5.47. The van der Waals surface area contributed by atoms with E-state index in [9.17, 15) is 9.59 Å². The molecule has 0 saturated carbocycles. The van der Waals surface area contributed by atoms with Gasteiger partial charge in [-0.2, -0.15) is 0 Å². The molecular formula is C23H30ClN3O4. The number of aryl methyl sites for hydroxylation is 1. The summed E-state index contributed by atoms with van der Waals surface area (Å²) in [7, 11) is 1.35. The van der Waals surface area contributed by atoms with Gasteiger partial charge in [0.15, 0.2) is 0 Å². The van der Waals surface area contributed by atoms with Gasteiger partial charge in [-0.1, -0.05) is 37.1 Å². The van der Waals surface area contributed by atoms with Crippen LogP contribution in [-0.4, -0.2) is 61.7 Å². The van der Waals surface area contributed by atoms with E-state index in [0.29, 0.717) is 53.7 Å². The predicted molar refractivity (Wildman–Crippen MR) is 120 cm³/mol. The summed E-state index contributed by atoms with van der Waals surface area (Å²) in [6.45, 7) is 7.13. The topological polar surface area (TPSA) is 83.7 Å². The summed E-state index contributed by atoms with van der Waals surface area (Å²) >= 11 is 6.07. The van der Waals surface area contributed by atoms with Crippen LogP contribution in [0.4, 0.5) is 0 Å². The number of nitrogens with zero attached hydrogens (tertiary/aromatic N) is 1. The highest BCUT2D eigenvalue weighted by atomic mass is 35.5. The molecule has 1 aromatic carbocycles. The fraction of sp³-hybridized carbons (Fsp3) is 0.478. The fourth-order valence-corrected chi connectivity index (χ4v) is 4.18. The normalized spacial score (nSPS) is 15.5. The quantitative estimate of drug-likeness (QED) is 0.605. The monoisotopic (exact) mass is 447 g/mol. The van der Waals surface area contributed by atoms with Gasteiger partial charge in [-0.25, -0.2) is 4.79 Å². The van der Waals surface area contributed by atoms with E-state index in [1.807, 2.05) is 31.2 Å². The van der Waals surface area contributed by atoms with Crippen molar-refractivity contribution >= 4 is 23.5 Å². The number of aromatic amines is 1. The second kappa shape index (κ2) is 10.8. The number of ether oxygens (including phenoxy) is 2. The average molecular weight is 448 g/mol. The van der Waals surface area contributed by atoms with E-state index in [0.717, 1.165) is 25.1 Å². The van der Waals surface area contributed by atoms with Crippen LogP contribution in [0.3, 0.4) is 0 Å². The minimum Gasteiger partial charge on any atom is -0.465 e. The van der Waals surface area contributed by atoms with Crippen LogP contribution < -0.4 is 5.32 Å². The number of halogens is 1. The standard InChI is InChI=1S/C23H30ClN3O4/c1-4-5-18-20(23(29)30-3)15(2)26-21(18)22(28)25-14-19(27-10-12-31-13-11-27)16-6-8-17(24)9-7-16/h6-9,19,26H,4-5,10-14H2,1-3H3,(H,25,28).